The predicted octanol–water partition coefficient (Wildman–Crippen LogP) is 4.09. The van der Waals surface area contributed by atoms with E-state index in [1.54, 1.807) is 30.3 Å². The Morgan fingerprint density at radius 2 is 1.59 bits per heavy atom. The number of nitrogens with one attached hydrogen (secondary N) is 2. The largest absolute Gasteiger partial charge is 0.490 e. The lowest BCUT2D eigenvalue weighted by atomic mass is 10.2. The van der Waals surface area contributed by atoms with Crippen molar-refractivity contribution in [2.24, 2.45) is 0 Å². The number of carbonyl (C=O) groups excluding carboxylic acids is 2. The standard InChI is InChI=1S/C21H24N2O4/c1-4-26-19-11-9-16(13-20(19)27-5-2)10-12-21(25)23-18-8-6-7-17(14-18)22-15(3)24/h6-14H,4-5H2,1-3H3,(H,22,24)(H,23,25)/b12-10+. The van der Waals surface area contributed by atoms with Crippen LogP contribution < -0.4 is 20.1 Å². The van der Waals surface area contributed by atoms with Gasteiger partial charge in [0, 0.05) is 24.4 Å². The van der Waals surface area contributed by atoms with Crippen LogP contribution in [-0.2, 0) is 9.59 Å². The summed E-state index contributed by atoms with van der Waals surface area (Å²) in [5.74, 6) is 0.876. The number of rotatable bonds is 8. The number of hydrogen-bond acceptors (Lipinski definition) is 4. The van der Waals surface area contributed by atoms with Crippen LogP contribution in [0.4, 0.5) is 11.4 Å². The SMILES string of the molecule is CCOc1ccc(/C=C/C(=O)Nc2cccc(NC(C)=O)c2)cc1OCC. The highest BCUT2D eigenvalue weighted by Gasteiger charge is 2.05. The lowest BCUT2D eigenvalue weighted by molar-refractivity contribution is -0.114. The Hall–Kier alpha value is -3.28. The van der Waals surface area contributed by atoms with E-state index in [1.165, 1.54) is 13.0 Å². The molecular weight excluding hydrogens is 344 g/mol. The van der Waals surface area contributed by atoms with Crippen LogP contribution in [0.1, 0.15) is 26.3 Å². The minimum absolute atomic E-state index is 0.168. The third-order valence-corrected chi connectivity index (χ3v) is 3.45. The molecule has 6 nitrogen and oxygen atoms in total. The first-order valence-electron chi connectivity index (χ1n) is 8.78. The Bertz CT molecular complexity index is 831. The number of amides is 2. The molecule has 0 fully saturated rings. The molecule has 0 aliphatic rings. The van der Waals surface area contributed by atoms with Gasteiger partial charge in [0.1, 0.15) is 0 Å². The second-order valence-corrected chi connectivity index (χ2v) is 5.66. The van der Waals surface area contributed by atoms with Crippen LogP contribution in [0.15, 0.2) is 48.5 Å². The minimum Gasteiger partial charge on any atom is -0.490 e. The lowest BCUT2D eigenvalue weighted by Gasteiger charge is -2.11. The van der Waals surface area contributed by atoms with Gasteiger partial charge in [0.2, 0.25) is 11.8 Å². The van der Waals surface area contributed by atoms with Crippen LogP contribution in [-0.4, -0.2) is 25.0 Å². The summed E-state index contributed by atoms with van der Waals surface area (Å²) in [6.45, 7) is 6.32. The molecule has 2 rings (SSSR count). The van der Waals surface area contributed by atoms with Crippen molar-refractivity contribution in [1.82, 2.24) is 0 Å². The predicted molar refractivity (Wildman–Crippen MR) is 107 cm³/mol. The zero-order chi connectivity index (χ0) is 19.6. The second kappa shape index (κ2) is 10.0. The Balaban J connectivity index is 2.06. The summed E-state index contributed by atoms with van der Waals surface area (Å²) in [5.41, 5.74) is 2.04. The van der Waals surface area contributed by atoms with Gasteiger partial charge in [-0.25, -0.2) is 0 Å². The fraction of sp³-hybridized carbons (Fsp3) is 0.238. The summed E-state index contributed by atoms with van der Waals surface area (Å²) in [6, 6.07) is 12.5. The summed E-state index contributed by atoms with van der Waals surface area (Å²) in [6.07, 6.45) is 3.14. The quantitative estimate of drug-likeness (QED) is 0.688. The van der Waals surface area contributed by atoms with E-state index in [-0.39, 0.29) is 11.8 Å². The average Bonchev–Trinajstić information content (AvgIpc) is 2.62. The van der Waals surface area contributed by atoms with E-state index < -0.39 is 0 Å². The number of hydrogen-bond donors (Lipinski definition) is 2. The van der Waals surface area contributed by atoms with Crippen LogP contribution in [0, 0.1) is 0 Å². The molecule has 27 heavy (non-hydrogen) atoms. The van der Waals surface area contributed by atoms with Crippen molar-refractivity contribution in [3.8, 4) is 11.5 Å². The Morgan fingerprint density at radius 1 is 0.926 bits per heavy atom. The van der Waals surface area contributed by atoms with Crippen molar-refractivity contribution in [3.63, 3.8) is 0 Å². The van der Waals surface area contributed by atoms with Gasteiger partial charge in [-0.3, -0.25) is 9.59 Å². The molecule has 142 valence electrons. The Kier molecular flexibility index (Phi) is 7.43. The molecule has 0 saturated carbocycles. The van der Waals surface area contributed by atoms with Crippen molar-refractivity contribution in [2.75, 3.05) is 23.8 Å². The van der Waals surface area contributed by atoms with Gasteiger partial charge in [-0.1, -0.05) is 12.1 Å². The van der Waals surface area contributed by atoms with Crippen LogP contribution in [0.2, 0.25) is 0 Å². The first kappa shape index (κ1) is 20.0. The van der Waals surface area contributed by atoms with E-state index in [0.717, 1.165) is 5.56 Å². The van der Waals surface area contributed by atoms with Crippen molar-refractivity contribution >= 4 is 29.3 Å². The van der Waals surface area contributed by atoms with Crippen LogP contribution in [0.3, 0.4) is 0 Å². The highest BCUT2D eigenvalue weighted by atomic mass is 16.5. The molecule has 0 unspecified atom stereocenters. The highest BCUT2D eigenvalue weighted by molar-refractivity contribution is 6.02. The summed E-state index contributed by atoms with van der Waals surface area (Å²) in [5, 5.41) is 5.44. The number of carbonyl (C=O) groups is 2. The van der Waals surface area contributed by atoms with Gasteiger partial charge in [-0.15, -0.1) is 0 Å². The molecule has 2 N–H and O–H groups in total. The van der Waals surface area contributed by atoms with Crippen molar-refractivity contribution < 1.29 is 19.1 Å². The fourth-order valence-electron chi connectivity index (χ4n) is 2.41. The molecular formula is C21H24N2O4. The molecule has 0 radical (unpaired) electrons. The van der Waals surface area contributed by atoms with E-state index >= 15 is 0 Å². The van der Waals surface area contributed by atoms with Crippen molar-refractivity contribution in [2.45, 2.75) is 20.8 Å². The molecule has 0 spiro atoms. The van der Waals surface area contributed by atoms with Gasteiger partial charge in [0.25, 0.3) is 0 Å². The molecule has 0 atom stereocenters. The van der Waals surface area contributed by atoms with E-state index in [1.807, 2.05) is 32.0 Å². The van der Waals surface area contributed by atoms with Gasteiger partial charge in [0.05, 0.1) is 13.2 Å². The van der Waals surface area contributed by atoms with Gasteiger partial charge in [-0.2, -0.15) is 0 Å². The highest BCUT2D eigenvalue weighted by Crippen LogP contribution is 2.29. The van der Waals surface area contributed by atoms with Gasteiger partial charge in [-0.05, 0) is 55.8 Å². The topological polar surface area (TPSA) is 76.7 Å². The molecule has 0 heterocycles. The smallest absolute Gasteiger partial charge is 0.248 e. The fourth-order valence-corrected chi connectivity index (χ4v) is 2.41. The summed E-state index contributed by atoms with van der Waals surface area (Å²) in [4.78, 5) is 23.3. The minimum atomic E-state index is -0.276. The summed E-state index contributed by atoms with van der Waals surface area (Å²) < 4.78 is 11.1. The first-order chi connectivity index (χ1) is 13.0. The number of anilines is 2. The Morgan fingerprint density at radius 3 is 2.26 bits per heavy atom. The molecule has 0 aliphatic heterocycles. The first-order valence-corrected chi connectivity index (χ1v) is 8.78. The van der Waals surface area contributed by atoms with E-state index in [2.05, 4.69) is 10.6 Å². The van der Waals surface area contributed by atoms with Gasteiger partial charge >= 0.3 is 0 Å². The zero-order valence-electron chi connectivity index (χ0n) is 15.7. The third kappa shape index (κ3) is 6.51. The molecule has 6 heteroatoms. The lowest BCUT2D eigenvalue weighted by Crippen LogP contribution is -2.09. The Labute approximate surface area is 159 Å². The third-order valence-electron chi connectivity index (χ3n) is 3.45. The molecule has 2 aromatic carbocycles. The molecule has 0 bridgehead atoms. The second-order valence-electron chi connectivity index (χ2n) is 5.66. The molecule has 2 amide bonds. The average molecular weight is 368 g/mol. The summed E-state index contributed by atoms with van der Waals surface area (Å²) >= 11 is 0. The van der Waals surface area contributed by atoms with E-state index in [0.29, 0.717) is 36.1 Å². The molecule has 0 saturated heterocycles. The molecule has 2 aromatic rings. The van der Waals surface area contributed by atoms with Crippen LogP contribution in [0.5, 0.6) is 11.5 Å². The number of benzene rings is 2. The monoisotopic (exact) mass is 368 g/mol. The molecule has 0 aliphatic carbocycles. The van der Waals surface area contributed by atoms with Crippen LogP contribution in [0.25, 0.3) is 6.08 Å². The maximum atomic E-state index is 12.2. The van der Waals surface area contributed by atoms with E-state index in [4.69, 9.17) is 9.47 Å². The maximum absolute atomic E-state index is 12.2. The zero-order valence-corrected chi connectivity index (χ0v) is 15.7. The maximum Gasteiger partial charge on any atom is 0.248 e. The van der Waals surface area contributed by atoms with Crippen molar-refractivity contribution in [3.05, 3.63) is 54.1 Å². The number of ether oxygens (including phenoxy) is 2. The molecule has 0 aromatic heterocycles. The van der Waals surface area contributed by atoms with Gasteiger partial charge in [0.15, 0.2) is 11.5 Å². The summed E-state index contributed by atoms with van der Waals surface area (Å²) in [7, 11) is 0. The van der Waals surface area contributed by atoms with Crippen LogP contribution >= 0.6 is 0 Å². The van der Waals surface area contributed by atoms with E-state index in [9.17, 15) is 9.59 Å². The normalized spacial score (nSPS) is 10.5. The van der Waals surface area contributed by atoms with Gasteiger partial charge < -0.3 is 20.1 Å². The van der Waals surface area contributed by atoms with Crippen molar-refractivity contribution in [1.29, 1.82) is 0 Å².